The zero-order valence-electron chi connectivity index (χ0n) is 18.5. The van der Waals surface area contributed by atoms with E-state index in [9.17, 15) is 29.4 Å². The summed E-state index contributed by atoms with van der Waals surface area (Å²) in [5, 5.41) is 26.1. The van der Waals surface area contributed by atoms with E-state index in [-0.39, 0.29) is 17.9 Å². The molecule has 184 valence electrons. The van der Waals surface area contributed by atoms with E-state index in [2.05, 4.69) is 28.6 Å². The summed E-state index contributed by atoms with van der Waals surface area (Å²) < 4.78 is 0. The molecule has 0 spiro atoms. The number of thiol groups is 1. The summed E-state index contributed by atoms with van der Waals surface area (Å²) in [4.78, 5) is 48.7. The molecule has 3 amide bonds. The molecule has 0 radical (unpaired) electrons. The fraction of sp³-hybridized carbons (Fsp3) is 0.524. The molecule has 9 N–H and O–H groups in total. The van der Waals surface area contributed by atoms with Gasteiger partial charge in [0.1, 0.15) is 23.9 Å². The Hall–Kier alpha value is -2.83. The number of benzene rings is 1. The maximum Gasteiger partial charge on any atom is 0.326 e. The van der Waals surface area contributed by atoms with Gasteiger partial charge < -0.3 is 37.6 Å². The zero-order chi connectivity index (χ0) is 25.0. The summed E-state index contributed by atoms with van der Waals surface area (Å²) in [5.41, 5.74) is 11.8. The Labute approximate surface area is 198 Å². The van der Waals surface area contributed by atoms with Gasteiger partial charge in [0.2, 0.25) is 17.7 Å². The Balaban J connectivity index is 2.64. The lowest BCUT2D eigenvalue weighted by Gasteiger charge is -2.22. The Morgan fingerprint density at radius 1 is 0.970 bits per heavy atom. The molecule has 0 saturated carbocycles. The van der Waals surface area contributed by atoms with Gasteiger partial charge in [0.25, 0.3) is 0 Å². The highest BCUT2D eigenvalue weighted by molar-refractivity contribution is 7.80. The molecule has 0 bridgehead atoms. The van der Waals surface area contributed by atoms with Gasteiger partial charge in [0.05, 0.1) is 6.04 Å². The average Bonchev–Trinajstić information content (AvgIpc) is 2.77. The lowest BCUT2D eigenvalue weighted by atomic mass is 10.1. The maximum absolute atomic E-state index is 12.5. The van der Waals surface area contributed by atoms with Gasteiger partial charge in [-0.1, -0.05) is 18.6 Å². The lowest BCUT2D eigenvalue weighted by Crippen LogP contribution is -2.57. The van der Waals surface area contributed by atoms with Crippen LogP contribution in [0, 0.1) is 0 Å². The van der Waals surface area contributed by atoms with Gasteiger partial charge in [0, 0.05) is 12.2 Å². The number of carbonyl (C=O) groups excluding carboxylic acids is 3. The summed E-state index contributed by atoms with van der Waals surface area (Å²) in [6.07, 6.45) is 1.81. The molecule has 0 heterocycles. The molecule has 33 heavy (non-hydrogen) atoms. The number of phenols is 1. The molecule has 1 rings (SSSR count). The van der Waals surface area contributed by atoms with Crippen molar-refractivity contribution >= 4 is 36.3 Å². The fourth-order valence-corrected chi connectivity index (χ4v) is 3.11. The second kappa shape index (κ2) is 14.3. The number of nitrogens with one attached hydrogen (secondary N) is 3. The SMILES string of the molecule is CC(NC(=O)C(CS)NC(=O)C(N)CCCCN)C(=O)NC(Cc1ccc(O)cc1)C(=O)O. The Morgan fingerprint density at radius 3 is 2.12 bits per heavy atom. The molecule has 0 aromatic heterocycles. The average molecular weight is 484 g/mol. The van der Waals surface area contributed by atoms with E-state index in [1.54, 1.807) is 12.1 Å². The van der Waals surface area contributed by atoms with Crippen LogP contribution < -0.4 is 27.4 Å². The molecule has 0 fully saturated rings. The lowest BCUT2D eigenvalue weighted by molar-refractivity contribution is -0.142. The van der Waals surface area contributed by atoms with Crippen molar-refractivity contribution in [3.05, 3.63) is 29.8 Å². The number of hydrogen-bond donors (Lipinski definition) is 8. The minimum Gasteiger partial charge on any atom is -0.508 e. The molecule has 11 nitrogen and oxygen atoms in total. The second-order valence-corrected chi connectivity index (χ2v) is 8.00. The van der Waals surface area contributed by atoms with Crippen molar-refractivity contribution in [1.29, 1.82) is 0 Å². The highest BCUT2D eigenvalue weighted by Crippen LogP contribution is 2.11. The minimum atomic E-state index is -1.25. The summed E-state index contributed by atoms with van der Waals surface area (Å²) in [7, 11) is 0. The fourth-order valence-electron chi connectivity index (χ4n) is 2.86. The van der Waals surface area contributed by atoms with E-state index in [0.29, 0.717) is 24.9 Å². The van der Waals surface area contributed by atoms with E-state index < -0.39 is 47.9 Å². The maximum atomic E-state index is 12.5. The van der Waals surface area contributed by atoms with Crippen molar-refractivity contribution in [2.24, 2.45) is 11.5 Å². The number of phenolic OH excluding ortho intramolecular Hbond substituents is 1. The molecule has 0 aliphatic heterocycles. The van der Waals surface area contributed by atoms with Crippen LogP contribution in [0.3, 0.4) is 0 Å². The number of unbranched alkanes of at least 4 members (excludes halogenated alkanes) is 1. The highest BCUT2D eigenvalue weighted by Gasteiger charge is 2.27. The normalized spacial score (nSPS) is 14.4. The van der Waals surface area contributed by atoms with Crippen molar-refractivity contribution < 1.29 is 29.4 Å². The summed E-state index contributed by atoms with van der Waals surface area (Å²) in [6, 6.07) is 1.77. The molecular formula is C21H33N5O6S. The number of carboxylic acids is 1. The molecule has 0 saturated heterocycles. The number of aliphatic carboxylic acids is 1. The second-order valence-electron chi connectivity index (χ2n) is 7.63. The largest absolute Gasteiger partial charge is 0.508 e. The first kappa shape index (κ1) is 28.2. The van der Waals surface area contributed by atoms with Gasteiger partial charge >= 0.3 is 5.97 Å². The monoisotopic (exact) mass is 483 g/mol. The topological polar surface area (TPSA) is 197 Å². The number of nitrogens with two attached hydrogens (primary N) is 2. The molecular weight excluding hydrogens is 450 g/mol. The van der Waals surface area contributed by atoms with Crippen LogP contribution in [0.2, 0.25) is 0 Å². The first-order valence-corrected chi connectivity index (χ1v) is 11.2. The quantitative estimate of drug-likeness (QED) is 0.120. The van der Waals surface area contributed by atoms with E-state index in [0.717, 1.165) is 6.42 Å². The molecule has 4 unspecified atom stereocenters. The van der Waals surface area contributed by atoms with Crippen molar-refractivity contribution in [1.82, 2.24) is 16.0 Å². The zero-order valence-corrected chi connectivity index (χ0v) is 19.4. The smallest absolute Gasteiger partial charge is 0.326 e. The standard InChI is InChI=1S/C21H33N5O6S/c1-12(18(28)25-16(21(31)32)10-13-5-7-14(27)8-6-13)24-20(30)17(11-33)26-19(29)15(23)4-2-3-9-22/h5-8,12,15-17,27,33H,2-4,9-11,22-23H2,1H3,(H,24,30)(H,25,28)(H,26,29)(H,31,32). The summed E-state index contributed by atoms with van der Waals surface area (Å²) in [5.74, 6) is -3.12. The predicted molar refractivity (Wildman–Crippen MR) is 126 cm³/mol. The first-order valence-electron chi connectivity index (χ1n) is 10.6. The van der Waals surface area contributed by atoms with Crippen molar-refractivity contribution in [2.75, 3.05) is 12.3 Å². The summed E-state index contributed by atoms with van der Waals surface area (Å²) in [6.45, 7) is 1.89. The number of carboxylic acid groups (broad SMARTS) is 1. The van der Waals surface area contributed by atoms with Gasteiger partial charge in [-0.15, -0.1) is 0 Å². The van der Waals surface area contributed by atoms with Gasteiger partial charge in [-0.25, -0.2) is 4.79 Å². The van der Waals surface area contributed by atoms with Crippen LogP contribution >= 0.6 is 12.6 Å². The van der Waals surface area contributed by atoms with Gasteiger partial charge in [-0.05, 0) is 44.0 Å². The van der Waals surface area contributed by atoms with Crippen molar-refractivity contribution in [2.45, 2.75) is 56.8 Å². The third kappa shape index (κ3) is 10.1. The first-order chi connectivity index (χ1) is 15.6. The summed E-state index contributed by atoms with van der Waals surface area (Å²) >= 11 is 4.07. The van der Waals surface area contributed by atoms with Crippen LogP contribution in [-0.4, -0.2) is 70.4 Å². The Morgan fingerprint density at radius 2 is 1.58 bits per heavy atom. The van der Waals surface area contributed by atoms with Crippen LogP contribution in [-0.2, 0) is 25.6 Å². The molecule has 0 aliphatic carbocycles. The van der Waals surface area contributed by atoms with Crippen LogP contribution in [0.4, 0.5) is 0 Å². The van der Waals surface area contributed by atoms with Crippen LogP contribution in [0.15, 0.2) is 24.3 Å². The van der Waals surface area contributed by atoms with Crippen molar-refractivity contribution in [3.8, 4) is 5.75 Å². The van der Waals surface area contributed by atoms with Gasteiger partial charge in [0.15, 0.2) is 0 Å². The number of amides is 3. The third-order valence-corrected chi connectivity index (χ3v) is 5.23. The molecule has 1 aromatic carbocycles. The predicted octanol–water partition coefficient (Wildman–Crippen LogP) is -1.12. The van der Waals surface area contributed by atoms with E-state index in [4.69, 9.17) is 11.5 Å². The Bertz CT molecular complexity index is 807. The highest BCUT2D eigenvalue weighted by atomic mass is 32.1. The van der Waals surface area contributed by atoms with Gasteiger partial charge in [-0.2, -0.15) is 12.6 Å². The Kier molecular flexibility index (Phi) is 12.3. The van der Waals surface area contributed by atoms with Gasteiger partial charge in [-0.3, -0.25) is 14.4 Å². The number of carbonyl (C=O) groups is 4. The molecule has 4 atom stereocenters. The van der Waals surface area contributed by atoms with Crippen molar-refractivity contribution in [3.63, 3.8) is 0 Å². The number of aromatic hydroxyl groups is 1. The van der Waals surface area contributed by atoms with E-state index in [1.165, 1.54) is 19.1 Å². The molecule has 12 heteroatoms. The van der Waals surface area contributed by atoms with Crippen LogP contribution in [0.5, 0.6) is 5.75 Å². The van der Waals surface area contributed by atoms with E-state index in [1.807, 2.05) is 0 Å². The third-order valence-electron chi connectivity index (χ3n) is 4.86. The van der Waals surface area contributed by atoms with Crippen LogP contribution in [0.1, 0.15) is 31.7 Å². The molecule has 1 aromatic rings. The van der Waals surface area contributed by atoms with E-state index >= 15 is 0 Å². The molecule has 0 aliphatic rings. The van der Waals surface area contributed by atoms with Crippen LogP contribution in [0.25, 0.3) is 0 Å². The number of hydrogen-bond acceptors (Lipinski definition) is 8. The minimum absolute atomic E-state index is 0.0145. The number of rotatable bonds is 14.